The Morgan fingerprint density at radius 3 is 2.46 bits per heavy atom. The first-order valence-corrected chi connectivity index (χ1v) is 9.03. The average Bonchev–Trinajstić information content (AvgIpc) is 2.73. The number of nitriles is 1. The van der Waals surface area contributed by atoms with E-state index in [-0.39, 0.29) is 24.8 Å². The van der Waals surface area contributed by atoms with Crippen molar-refractivity contribution in [2.45, 2.75) is 13.0 Å². The fraction of sp³-hybridized carbons (Fsp3) is 0.174. The molecule has 2 amide bonds. The number of hydrogen-bond donors (Lipinski definition) is 1. The molecule has 5 heteroatoms. The number of carbonyl (C=O) groups excluding carboxylic acids is 2. The van der Waals surface area contributed by atoms with Gasteiger partial charge in [0.05, 0.1) is 24.6 Å². The molecular formula is C23H21N3O2. The van der Waals surface area contributed by atoms with Gasteiger partial charge in [0.15, 0.2) is 0 Å². The maximum atomic E-state index is 12.3. The van der Waals surface area contributed by atoms with Gasteiger partial charge in [-0.25, -0.2) is 0 Å². The van der Waals surface area contributed by atoms with E-state index in [1.54, 1.807) is 24.1 Å². The molecule has 0 bridgehead atoms. The largest absolute Gasteiger partial charge is 0.347 e. The van der Waals surface area contributed by atoms with Crippen molar-refractivity contribution in [3.63, 3.8) is 0 Å². The van der Waals surface area contributed by atoms with Crippen LogP contribution < -0.4 is 5.32 Å². The molecular weight excluding hydrogens is 350 g/mol. The number of benzene rings is 3. The first-order valence-electron chi connectivity index (χ1n) is 9.03. The van der Waals surface area contributed by atoms with Crippen LogP contribution in [0.15, 0.2) is 66.7 Å². The van der Waals surface area contributed by atoms with Crippen LogP contribution in [0.5, 0.6) is 0 Å². The minimum absolute atomic E-state index is 0.0453. The monoisotopic (exact) mass is 371 g/mol. The van der Waals surface area contributed by atoms with Crippen molar-refractivity contribution in [3.05, 3.63) is 83.4 Å². The predicted octanol–water partition coefficient (Wildman–Crippen LogP) is 3.03. The lowest BCUT2D eigenvalue weighted by Gasteiger charge is -2.17. The van der Waals surface area contributed by atoms with Gasteiger partial charge in [0.1, 0.15) is 0 Å². The van der Waals surface area contributed by atoms with Gasteiger partial charge in [0.2, 0.25) is 11.8 Å². The van der Waals surface area contributed by atoms with E-state index in [9.17, 15) is 9.59 Å². The summed E-state index contributed by atoms with van der Waals surface area (Å²) in [6.07, 6.45) is 0.230. The van der Waals surface area contributed by atoms with Crippen molar-refractivity contribution >= 4 is 22.6 Å². The molecule has 0 aliphatic rings. The van der Waals surface area contributed by atoms with Gasteiger partial charge < -0.3 is 10.2 Å². The zero-order chi connectivity index (χ0) is 19.9. The van der Waals surface area contributed by atoms with Gasteiger partial charge in [0.25, 0.3) is 0 Å². The van der Waals surface area contributed by atoms with E-state index >= 15 is 0 Å². The van der Waals surface area contributed by atoms with Gasteiger partial charge in [0, 0.05) is 13.6 Å². The molecule has 0 unspecified atom stereocenters. The van der Waals surface area contributed by atoms with Crippen molar-refractivity contribution in [2.75, 3.05) is 13.6 Å². The first kappa shape index (κ1) is 19.1. The zero-order valence-electron chi connectivity index (χ0n) is 15.7. The zero-order valence-corrected chi connectivity index (χ0v) is 15.7. The van der Waals surface area contributed by atoms with Crippen LogP contribution in [-0.2, 0) is 22.6 Å². The third kappa shape index (κ3) is 4.74. The molecule has 1 N–H and O–H groups in total. The van der Waals surface area contributed by atoms with E-state index in [4.69, 9.17) is 5.26 Å². The molecule has 0 saturated carbocycles. The standard InChI is InChI=1S/C23H21N3O2/c1-26(16-18-11-9-17(14-24)10-12-18)23(28)15-25-22(27)13-20-7-4-6-19-5-2-3-8-21(19)20/h2-12H,13,15-16H2,1H3,(H,25,27). The van der Waals surface area contributed by atoms with Crippen molar-refractivity contribution in [2.24, 2.45) is 0 Å². The molecule has 0 atom stereocenters. The lowest BCUT2D eigenvalue weighted by atomic mass is 10.0. The van der Waals surface area contributed by atoms with Crippen molar-refractivity contribution in [3.8, 4) is 6.07 Å². The average molecular weight is 371 g/mol. The number of nitrogens with zero attached hydrogens (tertiary/aromatic N) is 2. The molecule has 0 aliphatic carbocycles. The first-order chi connectivity index (χ1) is 13.6. The van der Waals surface area contributed by atoms with E-state index in [1.165, 1.54) is 0 Å². The smallest absolute Gasteiger partial charge is 0.242 e. The molecule has 28 heavy (non-hydrogen) atoms. The Kier molecular flexibility index (Phi) is 6.03. The Balaban J connectivity index is 1.53. The Hall–Kier alpha value is -3.65. The number of fused-ring (bicyclic) bond motifs is 1. The van der Waals surface area contributed by atoms with Crippen molar-refractivity contribution < 1.29 is 9.59 Å². The minimum atomic E-state index is -0.184. The summed E-state index contributed by atoms with van der Waals surface area (Å²) in [5.74, 6) is -0.355. The van der Waals surface area contributed by atoms with Crippen LogP contribution in [0.2, 0.25) is 0 Å². The van der Waals surface area contributed by atoms with E-state index < -0.39 is 0 Å². The molecule has 0 aromatic heterocycles. The molecule has 3 aromatic carbocycles. The van der Waals surface area contributed by atoms with Crippen LogP contribution in [0.4, 0.5) is 0 Å². The summed E-state index contributed by atoms with van der Waals surface area (Å²) in [5.41, 5.74) is 2.45. The molecule has 140 valence electrons. The second kappa shape index (κ2) is 8.83. The number of carbonyl (C=O) groups is 2. The maximum Gasteiger partial charge on any atom is 0.242 e. The summed E-state index contributed by atoms with van der Waals surface area (Å²) in [4.78, 5) is 26.2. The van der Waals surface area contributed by atoms with Crippen LogP contribution in [-0.4, -0.2) is 30.3 Å². The molecule has 3 aromatic rings. The van der Waals surface area contributed by atoms with Gasteiger partial charge >= 0.3 is 0 Å². The third-order valence-corrected chi connectivity index (χ3v) is 4.60. The van der Waals surface area contributed by atoms with Gasteiger partial charge in [-0.05, 0) is 34.0 Å². The molecule has 0 spiro atoms. The van der Waals surface area contributed by atoms with Crippen LogP contribution >= 0.6 is 0 Å². The number of amides is 2. The second-order valence-electron chi connectivity index (χ2n) is 6.65. The molecule has 0 radical (unpaired) electrons. The summed E-state index contributed by atoms with van der Waals surface area (Å²) in [7, 11) is 1.69. The Labute approximate surface area is 164 Å². The van der Waals surface area contributed by atoms with Crippen LogP contribution in [0.1, 0.15) is 16.7 Å². The molecule has 3 rings (SSSR count). The van der Waals surface area contributed by atoms with Gasteiger partial charge in [-0.1, -0.05) is 54.6 Å². The van der Waals surface area contributed by atoms with Gasteiger partial charge in [-0.15, -0.1) is 0 Å². The SMILES string of the molecule is CN(Cc1ccc(C#N)cc1)C(=O)CNC(=O)Cc1cccc2ccccc12. The van der Waals surface area contributed by atoms with E-state index in [0.717, 1.165) is 21.9 Å². The Morgan fingerprint density at radius 2 is 1.71 bits per heavy atom. The summed E-state index contributed by atoms with van der Waals surface area (Å²) in [5, 5.41) is 13.7. The Bertz CT molecular complexity index is 1030. The maximum absolute atomic E-state index is 12.3. The minimum Gasteiger partial charge on any atom is -0.347 e. The van der Waals surface area contributed by atoms with E-state index in [0.29, 0.717) is 12.1 Å². The molecule has 0 fully saturated rings. The second-order valence-corrected chi connectivity index (χ2v) is 6.65. The number of rotatable bonds is 6. The van der Waals surface area contributed by atoms with Crippen molar-refractivity contribution in [1.29, 1.82) is 5.26 Å². The molecule has 0 aliphatic heterocycles. The van der Waals surface area contributed by atoms with Crippen LogP contribution in [0, 0.1) is 11.3 Å². The molecule has 0 heterocycles. The quantitative estimate of drug-likeness (QED) is 0.724. The fourth-order valence-corrected chi connectivity index (χ4v) is 3.04. The van der Waals surface area contributed by atoms with E-state index in [2.05, 4.69) is 11.4 Å². The summed E-state index contributed by atoms with van der Waals surface area (Å²) >= 11 is 0. The number of likely N-dealkylation sites (N-methyl/N-ethyl adjacent to an activating group) is 1. The highest BCUT2D eigenvalue weighted by Gasteiger charge is 2.12. The lowest BCUT2D eigenvalue weighted by Crippen LogP contribution is -2.38. The van der Waals surface area contributed by atoms with Gasteiger partial charge in [-0.2, -0.15) is 5.26 Å². The highest BCUT2D eigenvalue weighted by molar-refractivity contribution is 5.91. The molecule has 0 saturated heterocycles. The summed E-state index contributed by atoms with van der Waals surface area (Å²) in [6, 6.07) is 23.0. The highest BCUT2D eigenvalue weighted by Crippen LogP contribution is 2.18. The Morgan fingerprint density at radius 1 is 1.00 bits per heavy atom. The van der Waals surface area contributed by atoms with Crippen LogP contribution in [0.3, 0.4) is 0 Å². The molecule has 5 nitrogen and oxygen atoms in total. The van der Waals surface area contributed by atoms with Crippen LogP contribution in [0.25, 0.3) is 10.8 Å². The normalized spacial score (nSPS) is 10.3. The number of hydrogen-bond acceptors (Lipinski definition) is 3. The topological polar surface area (TPSA) is 73.2 Å². The summed E-state index contributed by atoms with van der Waals surface area (Å²) < 4.78 is 0. The predicted molar refractivity (Wildman–Crippen MR) is 108 cm³/mol. The third-order valence-electron chi connectivity index (χ3n) is 4.60. The van der Waals surface area contributed by atoms with Gasteiger partial charge in [-0.3, -0.25) is 9.59 Å². The highest BCUT2D eigenvalue weighted by atomic mass is 16.2. The summed E-state index contributed by atoms with van der Waals surface area (Å²) in [6.45, 7) is 0.375. The lowest BCUT2D eigenvalue weighted by molar-refractivity contribution is -0.132. The van der Waals surface area contributed by atoms with Crippen molar-refractivity contribution in [1.82, 2.24) is 10.2 Å². The van der Waals surface area contributed by atoms with E-state index in [1.807, 2.05) is 54.6 Å². The fourth-order valence-electron chi connectivity index (χ4n) is 3.04. The number of nitrogens with one attached hydrogen (secondary N) is 1.